The fraction of sp³-hybridized carbons (Fsp3) is 0.269. The van der Waals surface area contributed by atoms with Gasteiger partial charge in [0.05, 0.1) is 16.8 Å². The predicted octanol–water partition coefficient (Wildman–Crippen LogP) is 5.41. The van der Waals surface area contributed by atoms with Crippen molar-refractivity contribution in [2.75, 3.05) is 37.6 Å². The highest BCUT2D eigenvalue weighted by molar-refractivity contribution is 5.91. The summed E-state index contributed by atoms with van der Waals surface area (Å²) < 4.78 is 40.7. The maximum atomic E-state index is 13.0. The Labute approximate surface area is 190 Å². The maximum absolute atomic E-state index is 13.0. The number of para-hydroxylation sites is 1. The van der Waals surface area contributed by atoms with Crippen LogP contribution in [0.3, 0.4) is 0 Å². The van der Waals surface area contributed by atoms with E-state index in [1.807, 2.05) is 30.3 Å². The average Bonchev–Trinajstić information content (AvgIpc) is 3.23. The molecule has 0 N–H and O–H groups in total. The highest BCUT2D eigenvalue weighted by Gasteiger charge is 2.30. The van der Waals surface area contributed by atoms with Crippen LogP contribution in [0.15, 0.2) is 78.9 Å². The van der Waals surface area contributed by atoms with Crippen LogP contribution in [0.1, 0.15) is 11.1 Å². The first kappa shape index (κ1) is 21.5. The van der Waals surface area contributed by atoms with Crippen molar-refractivity contribution < 1.29 is 13.2 Å². The minimum Gasteiger partial charge on any atom is -0.352 e. The Kier molecular flexibility index (Phi) is 5.81. The molecular weight excluding hydrogens is 425 g/mol. The molecule has 0 aliphatic carbocycles. The van der Waals surface area contributed by atoms with Crippen LogP contribution in [-0.4, -0.2) is 47.4 Å². The Morgan fingerprint density at radius 1 is 0.758 bits per heavy atom. The zero-order chi connectivity index (χ0) is 22.8. The van der Waals surface area contributed by atoms with Crippen LogP contribution in [0.4, 0.5) is 19.0 Å². The third-order valence-electron chi connectivity index (χ3n) is 6.24. The molecule has 0 unspecified atom stereocenters. The number of rotatable bonds is 5. The summed E-state index contributed by atoms with van der Waals surface area (Å²) in [4.78, 5) is 4.75. The van der Waals surface area contributed by atoms with Crippen LogP contribution in [0, 0.1) is 0 Å². The average molecular weight is 451 g/mol. The van der Waals surface area contributed by atoms with Crippen LogP contribution in [0.5, 0.6) is 0 Å². The van der Waals surface area contributed by atoms with E-state index >= 15 is 0 Å². The zero-order valence-corrected chi connectivity index (χ0v) is 18.2. The summed E-state index contributed by atoms with van der Waals surface area (Å²) in [6.07, 6.45) is -3.32. The molecule has 4 nitrogen and oxygen atoms in total. The Bertz CT molecular complexity index is 1210. The first-order valence-corrected chi connectivity index (χ1v) is 11.2. The SMILES string of the molecule is FC(F)(F)c1ccc(-n2nc(N3CCN(CCc4ccccc4)CC3)c3ccccc32)cc1. The molecule has 1 fully saturated rings. The third kappa shape index (κ3) is 4.59. The van der Waals surface area contributed by atoms with Gasteiger partial charge in [0.15, 0.2) is 5.82 Å². The van der Waals surface area contributed by atoms with Crippen LogP contribution in [0.25, 0.3) is 16.6 Å². The Hall–Kier alpha value is -3.32. The molecule has 1 saturated heterocycles. The number of aromatic nitrogens is 2. The standard InChI is InChI=1S/C26H25F3N4/c27-26(28,29)21-10-12-22(13-11-21)33-24-9-5-4-8-23(24)25(30-33)32-18-16-31(17-19-32)15-14-20-6-2-1-3-7-20/h1-13H,14-19H2. The number of benzene rings is 3. The topological polar surface area (TPSA) is 24.3 Å². The molecule has 170 valence electrons. The lowest BCUT2D eigenvalue weighted by Gasteiger charge is -2.35. The molecular formula is C26H25F3N4. The van der Waals surface area contributed by atoms with Crippen molar-refractivity contribution >= 4 is 16.7 Å². The number of hydrogen-bond acceptors (Lipinski definition) is 3. The van der Waals surface area contributed by atoms with Gasteiger partial charge in [-0.05, 0) is 48.4 Å². The van der Waals surface area contributed by atoms with E-state index in [4.69, 9.17) is 5.10 Å². The molecule has 0 radical (unpaired) electrons. The fourth-order valence-electron chi connectivity index (χ4n) is 4.39. The molecule has 2 heterocycles. The largest absolute Gasteiger partial charge is 0.416 e. The van der Waals surface area contributed by atoms with Crippen molar-refractivity contribution in [3.8, 4) is 5.69 Å². The quantitative estimate of drug-likeness (QED) is 0.406. The smallest absolute Gasteiger partial charge is 0.352 e. The number of fused-ring (bicyclic) bond motifs is 1. The molecule has 5 rings (SSSR count). The van der Waals surface area contributed by atoms with Crippen molar-refractivity contribution in [1.29, 1.82) is 0 Å². The van der Waals surface area contributed by atoms with Crippen molar-refractivity contribution in [2.24, 2.45) is 0 Å². The van der Waals surface area contributed by atoms with Crippen molar-refractivity contribution in [3.05, 3.63) is 90.0 Å². The Balaban J connectivity index is 1.33. The summed E-state index contributed by atoms with van der Waals surface area (Å²) in [6, 6.07) is 23.6. The molecule has 0 spiro atoms. The van der Waals surface area contributed by atoms with E-state index in [-0.39, 0.29) is 0 Å². The molecule has 1 aromatic heterocycles. The number of halogens is 3. The fourth-order valence-corrected chi connectivity index (χ4v) is 4.39. The molecule has 7 heteroatoms. The van der Waals surface area contributed by atoms with Gasteiger partial charge in [-0.1, -0.05) is 42.5 Å². The van der Waals surface area contributed by atoms with Crippen molar-refractivity contribution in [3.63, 3.8) is 0 Å². The van der Waals surface area contributed by atoms with E-state index in [9.17, 15) is 13.2 Å². The van der Waals surface area contributed by atoms with Gasteiger partial charge in [0.25, 0.3) is 0 Å². The third-order valence-corrected chi connectivity index (χ3v) is 6.24. The van der Waals surface area contributed by atoms with Crippen molar-refractivity contribution in [1.82, 2.24) is 14.7 Å². The summed E-state index contributed by atoms with van der Waals surface area (Å²) in [5, 5.41) is 5.85. The molecule has 33 heavy (non-hydrogen) atoms. The normalized spacial score (nSPS) is 15.3. The molecule has 0 saturated carbocycles. The number of piperazine rings is 1. The van der Waals surface area contributed by atoms with Gasteiger partial charge >= 0.3 is 6.18 Å². The number of nitrogens with zero attached hydrogens (tertiary/aromatic N) is 4. The summed E-state index contributed by atoms with van der Waals surface area (Å²) in [5.41, 5.74) is 2.20. The number of anilines is 1. The van der Waals surface area contributed by atoms with Crippen LogP contribution in [0.2, 0.25) is 0 Å². The van der Waals surface area contributed by atoms with E-state index in [0.717, 1.165) is 68.0 Å². The summed E-state index contributed by atoms with van der Waals surface area (Å²) >= 11 is 0. The number of alkyl halides is 3. The first-order valence-electron chi connectivity index (χ1n) is 11.2. The second-order valence-electron chi connectivity index (χ2n) is 8.36. The van der Waals surface area contributed by atoms with Gasteiger partial charge in [0, 0.05) is 38.1 Å². The van der Waals surface area contributed by atoms with E-state index in [0.29, 0.717) is 5.69 Å². The van der Waals surface area contributed by atoms with Crippen LogP contribution in [-0.2, 0) is 12.6 Å². The molecule has 0 atom stereocenters. The van der Waals surface area contributed by atoms with Crippen molar-refractivity contribution in [2.45, 2.75) is 12.6 Å². The lowest BCUT2D eigenvalue weighted by molar-refractivity contribution is -0.137. The van der Waals surface area contributed by atoms with E-state index in [2.05, 4.69) is 34.1 Å². The van der Waals surface area contributed by atoms with Gasteiger partial charge in [-0.25, -0.2) is 4.68 Å². The van der Waals surface area contributed by atoms with E-state index in [1.165, 1.54) is 17.7 Å². The molecule has 4 aromatic rings. The van der Waals surface area contributed by atoms with Crippen LogP contribution < -0.4 is 4.90 Å². The first-order chi connectivity index (χ1) is 16.0. The second kappa shape index (κ2) is 8.90. The minimum absolute atomic E-state index is 0.618. The molecule has 0 amide bonds. The van der Waals surface area contributed by atoms with E-state index in [1.54, 1.807) is 4.68 Å². The number of hydrogen-bond donors (Lipinski definition) is 0. The van der Waals surface area contributed by atoms with Gasteiger partial charge in [-0.2, -0.15) is 13.2 Å². The van der Waals surface area contributed by atoms with Crippen LogP contribution >= 0.6 is 0 Å². The van der Waals surface area contributed by atoms with Gasteiger partial charge in [-0.15, -0.1) is 5.10 Å². The maximum Gasteiger partial charge on any atom is 0.416 e. The molecule has 0 bridgehead atoms. The zero-order valence-electron chi connectivity index (χ0n) is 18.2. The summed E-state index contributed by atoms with van der Waals surface area (Å²) in [5.74, 6) is 0.883. The highest BCUT2D eigenvalue weighted by Crippen LogP contribution is 2.32. The van der Waals surface area contributed by atoms with Gasteiger partial charge in [0.2, 0.25) is 0 Å². The summed E-state index contributed by atoms with van der Waals surface area (Å²) in [6.45, 7) is 4.66. The lowest BCUT2D eigenvalue weighted by atomic mass is 10.1. The van der Waals surface area contributed by atoms with Gasteiger partial charge in [-0.3, -0.25) is 4.90 Å². The monoisotopic (exact) mass is 450 g/mol. The van der Waals surface area contributed by atoms with Gasteiger partial charge < -0.3 is 4.90 Å². The minimum atomic E-state index is -4.35. The van der Waals surface area contributed by atoms with Gasteiger partial charge in [0.1, 0.15) is 0 Å². The highest BCUT2D eigenvalue weighted by atomic mass is 19.4. The Morgan fingerprint density at radius 3 is 2.12 bits per heavy atom. The Morgan fingerprint density at radius 2 is 1.42 bits per heavy atom. The lowest BCUT2D eigenvalue weighted by Crippen LogP contribution is -2.47. The predicted molar refractivity (Wildman–Crippen MR) is 125 cm³/mol. The second-order valence-corrected chi connectivity index (χ2v) is 8.36. The van der Waals surface area contributed by atoms with E-state index < -0.39 is 11.7 Å². The summed E-state index contributed by atoms with van der Waals surface area (Å²) in [7, 11) is 0. The molecule has 1 aliphatic heterocycles. The molecule has 1 aliphatic rings. The molecule has 3 aromatic carbocycles.